The van der Waals surface area contributed by atoms with Crippen molar-refractivity contribution in [3.8, 4) is 5.88 Å². The third-order valence-corrected chi connectivity index (χ3v) is 5.11. The van der Waals surface area contributed by atoms with Gasteiger partial charge in [-0.15, -0.1) is 0 Å². The van der Waals surface area contributed by atoms with Gasteiger partial charge in [0.2, 0.25) is 5.88 Å². The number of aromatic nitrogens is 1. The van der Waals surface area contributed by atoms with Crippen LogP contribution in [0.15, 0.2) is 79.0 Å². The highest BCUT2D eigenvalue weighted by Crippen LogP contribution is 2.34. The fourth-order valence-electron chi connectivity index (χ4n) is 3.58. The standard InChI is InChI=1S/C24H24F2N2O3/c1-17(19-10-6-3-7-11-19)28(16-18-8-4-2-5-9-18)21(14-23(29)30)20-12-13-22(27-15-20)31-24(25)26/h2-13,15,17,21,24H,14,16H2,1H3,(H,29,30)/t17-,21+/m1/s1. The highest BCUT2D eigenvalue weighted by Gasteiger charge is 2.28. The van der Waals surface area contributed by atoms with Crippen LogP contribution >= 0.6 is 0 Å². The summed E-state index contributed by atoms with van der Waals surface area (Å²) in [4.78, 5) is 17.8. The number of hydrogen-bond donors (Lipinski definition) is 1. The second kappa shape index (κ2) is 10.6. The van der Waals surface area contributed by atoms with E-state index in [2.05, 4.69) is 14.6 Å². The molecule has 0 aliphatic heterocycles. The van der Waals surface area contributed by atoms with Gasteiger partial charge in [-0.05, 0) is 23.6 Å². The van der Waals surface area contributed by atoms with Gasteiger partial charge in [0.1, 0.15) is 0 Å². The molecule has 5 nitrogen and oxygen atoms in total. The third kappa shape index (κ3) is 6.33. The van der Waals surface area contributed by atoms with Gasteiger partial charge in [-0.25, -0.2) is 4.98 Å². The summed E-state index contributed by atoms with van der Waals surface area (Å²) < 4.78 is 29.3. The van der Waals surface area contributed by atoms with Crippen LogP contribution in [-0.4, -0.2) is 27.6 Å². The molecule has 31 heavy (non-hydrogen) atoms. The molecule has 0 bridgehead atoms. The zero-order valence-corrected chi connectivity index (χ0v) is 17.1. The molecular formula is C24H24F2N2O3. The molecule has 2 atom stereocenters. The molecule has 7 heteroatoms. The lowest BCUT2D eigenvalue weighted by atomic mass is 9.97. The lowest BCUT2D eigenvalue weighted by molar-refractivity contribution is -0.138. The molecule has 3 aromatic rings. The average molecular weight is 426 g/mol. The number of carboxylic acid groups (broad SMARTS) is 1. The van der Waals surface area contributed by atoms with Gasteiger partial charge in [0.15, 0.2) is 0 Å². The smallest absolute Gasteiger partial charge is 0.388 e. The van der Waals surface area contributed by atoms with E-state index in [4.69, 9.17) is 0 Å². The Hall–Kier alpha value is -3.32. The van der Waals surface area contributed by atoms with Gasteiger partial charge in [-0.1, -0.05) is 66.7 Å². The van der Waals surface area contributed by atoms with Crippen molar-refractivity contribution >= 4 is 5.97 Å². The molecule has 1 aromatic heterocycles. The number of nitrogens with zero attached hydrogens (tertiary/aromatic N) is 2. The van der Waals surface area contributed by atoms with E-state index in [0.717, 1.165) is 11.1 Å². The first-order valence-electron chi connectivity index (χ1n) is 9.91. The first-order valence-corrected chi connectivity index (χ1v) is 9.91. The van der Waals surface area contributed by atoms with Crippen LogP contribution < -0.4 is 4.74 Å². The zero-order chi connectivity index (χ0) is 22.2. The van der Waals surface area contributed by atoms with Gasteiger partial charge in [-0.2, -0.15) is 8.78 Å². The van der Waals surface area contributed by atoms with Gasteiger partial charge in [0, 0.05) is 30.9 Å². The minimum absolute atomic E-state index is 0.109. The predicted octanol–water partition coefficient (Wildman–Crippen LogP) is 5.46. The Bertz CT molecular complexity index is 954. The van der Waals surface area contributed by atoms with Crippen molar-refractivity contribution < 1.29 is 23.4 Å². The van der Waals surface area contributed by atoms with Crippen molar-refractivity contribution in [1.29, 1.82) is 0 Å². The van der Waals surface area contributed by atoms with E-state index in [1.54, 1.807) is 6.07 Å². The number of carboxylic acids is 1. The predicted molar refractivity (Wildman–Crippen MR) is 113 cm³/mol. The van der Waals surface area contributed by atoms with Crippen LogP contribution in [0, 0.1) is 0 Å². The van der Waals surface area contributed by atoms with Gasteiger partial charge in [-0.3, -0.25) is 9.69 Å². The van der Waals surface area contributed by atoms with Crippen molar-refractivity contribution in [1.82, 2.24) is 9.88 Å². The van der Waals surface area contributed by atoms with Gasteiger partial charge >= 0.3 is 12.6 Å². The second-order valence-electron chi connectivity index (χ2n) is 7.17. The maximum atomic E-state index is 12.5. The summed E-state index contributed by atoms with van der Waals surface area (Å²) in [6, 6.07) is 21.9. The molecule has 0 spiro atoms. The van der Waals surface area contributed by atoms with E-state index in [1.165, 1.54) is 12.3 Å². The first-order chi connectivity index (χ1) is 14.9. The Morgan fingerprint density at radius 1 is 1.00 bits per heavy atom. The molecule has 0 saturated heterocycles. The fraction of sp³-hybridized carbons (Fsp3) is 0.250. The summed E-state index contributed by atoms with van der Waals surface area (Å²) in [7, 11) is 0. The fourth-order valence-corrected chi connectivity index (χ4v) is 3.58. The number of benzene rings is 2. The van der Waals surface area contributed by atoms with Crippen LogP contribution in [0.1, 0.15) is 42.1 Å². The van der Waals surface area contributed by atoms with Crippen LogP contribution in [0.3, 0.4) is 0 Å². The van der Waals surface area contributed by atoms with Crippen LogP contribution in [0.4, 0.5) is 8.78 Å². The van der Waals surface area contributed by atoms with E-state index < -0.39 is 18.6 Å². The summed E-state index contributed by atoms with van der Waals surface area (Å²) in [5.74, 6) is -1.17. The number of ether oxygens (including phenoxy) is 1. The number of carbonyl (C=O) groups is 1. The normalized spacial score (nSPS) is 13.2. The Morgan fingerprint density at radius 2 is 1.65 bits per heavy atom. The van der Waals surface area contributed by atoms with Crippen LogP contribution in [-0.2, 0) is 11.3 Å². The molecule has 1 N–H and O–H groups in total. The number of pyridine rings is 1. The maximum Gasteiger partial charge on any atom is 0.388 e. The van der Waals surface area contributed by atoms with Crippen LogP contribution in [0.2, 0.25) is 0 Å². The van der Waals surface area contributed by atoms with E-state index >= 15 is 0 Å². The quantitative estimate of drug-likeness (QED) is 0.466. The number of hydrogen-bond acceptors (Lipinski definition) is 4. The summed E-state index contributed by atoms with van der Waals surface area (Å²) in [6.07, 6.45) is 1.24. The van der Waals surface area contributed by atoms with Crippen molar-refractivity contribution in [2.24, 2.45) is 0 Å². The second-order valence-corrected chi connectivity index (χ2v) is 7.17. The number of rotatable bonds is 10. The molecule has 0 aliphatic rings. The largest absolute Gasteiger partial charge is 0.481 e. The van der Waals surface area contributed by atoms with E-state index in [-0.39, 0.29) is 18.3 Å². The summed E-state index contributed by atoms with van der Waals surface area (Å²) in [6.45, 7) is -0.445. The summed E-state index contributed by atoms with van der Waals surface area (Å²) >= 11 is 0. The molecule has 0 amide bonds. The van der Waals surface area contributed by atoms with Gasteiger partial charge in [0.25, 0.3) is 0 Å². The Balaban J connectivity index is 1.99. The van der Waals surface area contributed by atoms with Crippen molar-refractivity contribution in [2.75, 3.05) is 0 Å². The third-order valence-electron chi connectivity index (χ3n) is 5.11. The Labute approximate surface area is 179 Å². The molecular weight excluding hydrogens is 402 g/mol. The van der Waals surface area contributed by atoms with Gasteiger partial charge in [0.05, 0.1) is 6.42 Å². The van der Waals surface area contributed by atoms with Crippen molar-refractivity contribution in [3.63, 3.8) is 0 Å². The molecule has 3 rings (SSSR count). The topological polar surface area (TPSA) is 62.7 Å². The van der Waals surface area contributed by atoms with Crippen LogP contribution in [0.25, 0.3) is 0 Å². The molecule has 0 saturated carbocycles. The zero-order valence-electron chi connectivity index (χ0n) is 17.1. The highest BCUT2D eigenvalue weighted by molar-refractivity contribution is 5.68. The van der Waals surface area contributed by atoms with Crippen molar-refractivity contribution in [2.45, 2.75) is 38.6 Å². The Morgan fingerprint density at radius 3 is 2.19 bits per heavy atom. The average Bonchev–Trinajstić information content (AvgIpc) is 2.77. The Kier molecular flexibility index (Phi) is 7.67. The molecule has 0 fully saturated rings. The lowest BCUT2D eigenvalue weighted by Gasteiger charge is -2.36. The number of aliphatic carboxylic acids is 1. The minimum atomic E-state index is -2.97. The van der Waals surface area contributed by atoms with E-state index in [0.29, 0.717) is 12.1 Å². The van der Waals surface area contributed by atoms with Crippen LogP contribution in [0.5, 0.6) is 5.88 Å². The number of halogens is 2. The molecule has 1 heterocycles. The minimum Gasteiger partial charge on any atom is -0.481 e. The highest BCUT2D eigenvalue weighted by atomic mass is 19.3. The van der Waals surface area contributed by atoms with Gasteiger partial charge < -0.3 is 9.84 Å². The number of alkyl halides is 2. The molecule has 2 aromatic carbocycles. The maximum absolute atomic E-state index is 12.5. The summed E-state index contributed by atoms with van der Waals surface area (Å²) in [5.41, 5.74) is 2.69. The van der Waals surface area contributed by atoms with Crippen molar-refractivity contribution in [3.05, 3.63) is 95.7 Å². The SMILES string of the molecule is C[C@H](c1ccccc1)N(Cc1ccccc1)[C@@H](CC(=O)O)c1ccc(OC(F)F)nc1. The van der Waals surface area contributed by atoms with E-state index in [9.17, 15) is 18.7 Å². The molecule has 0 radical (unpaired) electrons. The lowest BCUT2D eigenvalue weighted by Crippen LogP contribution is -2.33. The molecule has 0 unspecified atom stereocenters. The summed E-state index contributed by atoms with van der Waals surface area (Å²) in [5, 5.41) is 9.62. The van der Waals surface area contributed by atoms with E-state index in [1.807, 2.05) is 67.6 Å². The monoisotopic (exact) mass is 426 g/mol. The molecule has 162 valence electrons. The first kappa shape index (κ1) is 22.4. The molecule has 0 aliphatic carbocycles.